The van der Waals surface area contributed by atoms with Crippen molar-refractivity contribution in [2.45, 2.75) is 0 Å². The molecule has 0 radical (unpaired) electrons. The third-order valence-electron chi connectivity index (χ3n) is 0.338. The van der Waals surface area contributed by atoms with Gasteiger partial charge in [0.15, 0.2) is 0 Å². The minimum atomic E-state index is -0.588. The molecule has 38 valence electrons. The summed E-state index contributed by atoms with van der Waals surface area (Å²) in [6.45, 7) is 0. The van der Waals surface area contributed by atoms with Crippen molar-refractivity contribution in [1.29, 1.82) is 0 Å². The van der Waals surface area contributed by atoms with E-state index in [1.165, 1.54) is 7.11 Å². The van der Waals surface area contributed by atoms with E-state index in [-0.39, 0.29) is 18.9 Å². The molecule has 0 aromatic heterocycles. The van der Waals surface area contributed by atoms with Crippen LogP contribution in [0, 0.1) is 11.2 Å². The molecule has 0 unspecified atom stereocenters. The Morgan fingerprint density at radius 3 is 2.38 bits per heavy atom. The summed E-state index contributed by atoms with van der Waals surface area (Å²) in [5.41, 5.74) is 0. The molecule has 0 aromatic carbocycles. The van der Waals surface area contributed by atoms with Crippen LogP contribution < -0.4 is 18.9 Å². The van der Waals surface area contributed by atoms with Crippen LogP contribution in [-0.2, 0) is 22.2 Å². The van der Waals surface area contributed by atoms with E-state index >= 15 is 0 Å². The monoisotopic (exact) mass is 122 g/mol. The second-order valence-electron chi connectivity index (χ2n) is 0.719. The van der Waals surface area contributed by atoms with Gasteiger partial charge in [0.25, 0.3) is 0 Å². The van der Waals surface area contributed by atoms with Crippen LogP contribution in [0.2, 0.25) is 0 Å². The molecule has 0 saturated carbocycles. The van der Waals surface area contributed by atoms with Crippen molar-refractivity contribution in [3.8, 4) is 11.2 Å². The number of hydrogen-bond donors (Lipinski definition) is 0. The third-order valence-corrected chi connectivity index (χ3v) is 0.441. The molecule has 0 fully saturated rings. The summed E-state index contributed by atoms with van der Waals surface area (Å²) < 4.78 is 4.11. The average Bonchev–Trinajstić information content (AvgIpc) is 1.68. The minimum absolute atomic E-state index is 0. The SMILES string of the molecule is COC(=O)C#C[S-].[Li+]. The van der Waals surface area contributed by atoms with E-state index in [0.717, 1.165) is 0 Å². The first-order chi connectivity index (χ1) is 3.31. The predicted molar refractivity (Wildman–Crippen MR) is 27.2 cm³/mol. The van der Waals surface area contributed by atoms with Crippen LogP contribution in [-0.4, -0.2) is 13.1 Å². The fourth-order valence-electron chi connectivity index (χ4n) is 0.0927. The summed E-state index contributed by atoms with van der Waals surface area (Å²) >= 11 is 4.13. The van der Waals surface area contributed by atoms with Crippen LogP contribution in [0.1, 0.15) is 0 Å². The maximum Gasteiger partial charge on any atom is 1.00 e. The zero-order valence-electron chi connectivity index (χ0n) is 4.72. The van der Waals surface area contributed by atoms with E-state index in [2.05, 4.69) is 17.4 Å². The van der Waals surface area contributed by atoms with Crippen molar-refractivity contribution in [2.24, 2.45) is 0 Å². The van der Waals surface area contributed by atoms with E-state index < -0.39 is 5.97 Å². The molecule has 0 saturated heterocycles. The van der Waals surface area contributed by atoms with E-state index in [4.69, 9.17) is 0 Å². The maximum absolute atomic E-state index is 9.95. The molecule has 0 bridgehead atoms. The summed E-state index contributed by atoms with van der Waals surface area (Å²) in [4.78, 5) is 9.95. The largest absolute Gasteiger partial charge is 1.00 e. The second kappa shape index (κ2) is 6.85. The topological polar surface area (TPSA) is 26.3 Å². The van der Waals surface area contributed by atoms with Crippen LogP contribution in [0.4, 0.5) is 0 Å². The molecule has 0 amide bonds. The van der Waals surface area contributed by atoms with E-state index in [1.807, 2.05) is 11.2 Å². The molecule has 0 aliphatic carbocycles. The molecule has 0 aromatic rings. The van der Waals surface area contributed by atoms with Gasteiger partial charge < -0.3 is 17.4 Å². The number of carbonyl (C=O) groups is 1. The standard InChI is InChI=1S/C4H4O2S.Li/c1-6-4(5)2-3-7;/h7H,1H3;/q;+1/p-1. The fraction of sp³-hybridized carbons (Fsp3) is 0.250. The zero-order chi connectivity index (χ0) is 5.70. The number of rotatable bonds is 0. The van der Waals surface area contributed by atoms with Gasteiger partial charge in [0.1, 0.15) is 0 Å². The summed E-state index contributed by atoms with van der Waals surface area (Å²) in [6, 6.07) is 0. The van der Waals surface area contributed by atoms with Gasteiger partial charge in [0.2, 0.25) is 0 Å². The van der Waals surface area contributed by atoms with Gasteiger partial charge in [-0.2, -0.15) is 0 Å². The quantitative estimate of drug-likeness (QED) is 0.145. The number of ether oxygens (including phenoxy) is 1. The smallest absolute Gasteiger partial charge is 0.724 e. The van der Waals surface area contributed by atoms with Gasteiger partial charge >= 0.3 is 24.8 Å². The first-order valence-corrected chi connectivity index (χ1v) is 1.93. The van der Waals surface area contributed by atoms with E-state index in [0.29, 0.717) is 0 Å². The van der Waals surface area contributed by atoms with Gasteiger partial charge in [-0.3, -0.25) is 0 Å². The second-order valence-corrected chi connectivity index (χ2v) is 0.923. The van der Waals surface area contributed by atoms with E-state index in [1.54, 1.807) is 0 Å². The van der Waals surface area contributed by atoms with Crippen molar-refractivity contribution in [2.75, 3.05) is 7.11 Å². The molecule has 0 rings (SSSR count). The van der Waals surface area contributed by atoms with Gasteiger partial charge in [-0.25, -0.2) is 10.0 Å². The molecule has 0 atom stereocenters. The molecular weight excluding hydrogens is 119 g/mol. The van der Waals surface area contributed by atoms with Crippen molar-refractivity contribution in [3.05, 3.63) is 0 Å². The number of esters is 1. The molecule has 0 aliphatic rings. The summed E-state index contributed by atoms with van der Waals surface area (Å²) in [6.07, 6.45) is 0. The van der Waals surface area contributed by atoms with Gasteiger partial charge in [0.05, 0.1) is 7.11 Å². The van der Waals surface area contributed by atoms with Crippen molar-refractivity contribution >= 4 is 18.6 Å². The van der Waals surface area contributed by atoms with Gasteiger partial charge in [-0.15, -0.1) is 0 Å². The van der Waals surface area contributed by atoms with Crippen LogP contribution in [0.15, 0.2) is 0 Å². The predicted octanol–water partition coefficient (Wildman–Crippen LogP) is -3.33. The average molecular weight is 122 g/mol. The summed E-state index contributed by atoms with van der Waals surface area (Å²) in [5, 5.41) is 1.98. The molecule has 0 heterocycles. The fourth-order valence-corrected chi connectivity index (χ4v) is 0.176. The zero-order valence-corrected chi connectivity index (χ0v) is 5.54. The first-order valence-electron chi connectivity index (χ1n) is 1.52. The molecule has 0 spiro atoms. The number of hydrogen-bond acceptors (Lipinski definition) is 3. The molecule has 0 N–H and O–H groups in total. The maximum atomic E-state index is 9.95. The number of carbonyl (C=O) groups excluding carboxylic acids is 1. The Hall–Kier alpha value is -0.153. The van der Waals surface area contributed by atoms with Gasteiger partial charge in [-0.1, -0.05) is 0 Å². The van der Waals surface area contributed by atoms with Gasteiger partial charge in [0, 0.05) is 0 Å². The van der Waals surface area contributed by atoms with Crippen molar-refractivity contribution in [1.82, 2.24) is 0 Å². The normalized spacial score (nSPS) is 5.12. The Morgan fingerprint density at radius 2 is 2.25 bits per heavy atom. The third kappa shape index (κ3) is 5.85. The molecule has 2 nitrogen and oxygen atoms in total. The van der Waals surface area contributed by atoms with Crippen LogP contribution >= 0.6 is 0 Å². The molecule has 0 aliphatic heterocycles. The Kier molecular flexibility index (Phi) is 9.21. The Morgan fingerprint density at radius 1 is 1.75 bits per heavy atom. The van der Waals surface area contributed by atoms with Crippen molar-refractivity contribution < 1.29 is 28.4 Å². The number of methoxy groups -OCH3 is 1. The van der Waals surface area contributed by atoms with Crippen molar-refractivity contribution in [3.63, 3.8) is 0 Å². The summed E-state index contributed by atoms with van der Waals surface area (Å²) in [5.74, 6) is 1.41. The Labute approximate surface area is 65.6 Å². The van der Waals surface area contributed by atoms with Crippen LogP contribution in [0.25, 0.3) is 0 Å². The van der Waals surface area contributed by atoms with Crippen LogP contribution in [0.5, 0.6) is 0 Å². The minimum Gasteiger partial charge on any atom is -0.724 e. The van der Waals surface area contributed by atoms with E-state index in [9.17, 15) is 4.79 Å². The van der Waals surface area contributed by atoms with Crippen LogP contribution in [0.3, 0.4) is 0 Å². The molecule has 8 heavy (non-hydrogen) atoms. The molecule has 4 heteroatoms. The first kappa shape index (κ1) is 10.8. The van der Waals surface area contributed by atoms with Gasteiger partial charge in [-0.05, 0) is 5.92 Å². The summed E-state index contributed by atoms with van der Waals surface area (Å²) in [7, 11) is 1.25. The molecular formula is C4H3LiO2S. The Balaban J connectivity index is 0. The Bertz CT molecular complexity index is 124.